The average molecular weight is 389 g/mol. The first-order valence-electron chi connectivity index (χ1n) is 8.68. The monoisotopic (exact) mass is 388 g/mol. The third-order valence-electron chi connectivity index (χ3n) is 4.11. The number of rotatable bonds is 9. The highest BCUT2D eigenvalue weighted by atomic mass is 32.2. The Labute approximate surface area is 162 Å². The molecule has 0 aliphatic rings. The molecule has 0 saturated heterocycles. The highest BCUT2D eigenvalue weighted by Gasteiger charge is 2.16. The van der Waals surface area contributed by atoms with E-state index in [0.29, 0.717) is 6.54 Å². The van der Waals surface area contributed by atoms with Gasteiger partial charge < -0.3 is 10.4 Å². The Morgan fingerprint density at radius 1 is 1.19 bits per heavy atom. The molecule has 0 unspecified atom stereocenters. The molecule has 2 aromatic heterocycles. The van der Waals surface area contributed by atoms with Crippen LogP contribution in [0.25, 0.3) is 22.6 Å². The van der Waals surface area contributed by atoms with Gasteiger partial charge in [0.25, 0.3) is 0 Å². The number of hydrogen-bond donors (Lipinski definition) is 2. The standard InChI is InChI=1S/C19H24N4OS2/c1-14-17(26-13-5-9-20-11-12-24)8-10-21-18(14)19-22-15-6-3-4-7-16(15)23(19)25-2/h3-4,6-8,10,20,24H,5,9,11-13H2,1-2H3. The minimum atomic E-state index is 0.191. The van der Waals surface area contributed by atoms with Crippen molar-refractivity contribution in [3.05, 3.63) is 42.1 Å². The lowest BCUT2D eigenvalue weighted by molar-refractivity contribution is 0.292. The molecule has 26 heavy (non-hydrogen) atoms. The van der Waals surface area contributed by atoms with E-state index in [1.807, 2.05) is 36.2 Å². The van der Waals surface area contributed by atoms with Crippen molar-refractivity contribution >= 4 is 34.7 Å². The number of nitrogens with one attached hydrogen (secondary N) is 1. The van der Waals surface area contributed by atoms with Gasteiger partial charge in [0.2, 0.25) is 0 Å². The van der Waals surface area contributed by atoms with Gasteiger partial charge in [-0.1, -0.05) is 12.1 Å². The maximum atomic E-state index is 8.79. The molecule has 0 saturated carbocycles. The molecule has 0 atom stereocenters. The molecule has 0 bridgehead atoms. The number of thioether (sulfide) groups is 1. The van der Waals surface area contributed by atoms with Crippen LogP contribution in [0.5, 0.6) is 0 Å². The molecule has 5 nitrogen and oxygen atoms in total. The molecule has 7 heteroatoms. The third kappa shape index (κ3) is 4.23. The van der Waals surface area contributed by atoms with Gasteiger partial charge in [0.05, 0.1) is 17.6 Å². The normalized spacial score (nSPS) is 11.3. The van der Waals surface area contributed by atoms with Gasteiger partial charge in [-0.25, -0.2) is 4.98 Å². The molecule has 2 N–H and O–H groups in total. The molecule has 0 spiro atoms. The van der Waals surface area contributed by atoms with Crippen molar-refractivity contribution < 1.29 is 5.11 Å². The fraction of sp³-hybridized carbons (Fsp3) is 0.368. The van der Waals surface area contributed by atoms with E-state index < -0.39 is 0 Å². The summed E-state index contributed by atoms with van der Waals surface area (Å²) in [6.07, 6.45) is 4.99. The highest BCUT2D eigenvalue weighted by molar-refractivity contribution is 7.99. The molecule has 1 aromatic carbocycles. The number of benzene rings is 1. The zero-order valence-corrected chi connectivity index (χ0v) is 16.7. The molecule has 138 valence electrons. The number of aliphatic hydroxyl groups is 1. The summed E-state index contributed by atoms with van der Waals surface area (Å²) in [4.78, 5) is 10.7. The second-order valence-electron chi connectivity index (χ2n) is 5.86. The van der Waals surface area contributed by atoms with Crippen molar-refractivity contribution in [2.24, 2.45) is 0 Å². The largest absolute Gasteiger partial charge is 0.395 e. The van der Waals surface area contributed by atoms with E-state index in [1.165, 1.54) is 10.5 Å². The molecule has 3 rings (SSSR count). The second kappa shape index (κ2) is 9.41. The van der Waals surface area contributed by atoms with Gasteiger partial charge in [-0.05, 0) is 61.4 Å². The minimum Gasteiger partial charge on any atom is -0.395 e. The van der Waals surface area contributed by atoms with Gasteiger partial charge in [0, 0.05) is 23.9 Å². The number of pyridine rings is 1. The van der Waals surface area contributed by atoms with Crippen molar-refractivity contribution in [2.75, 3.05) is 31.7 Å². The summed E-state index contributed by atoms with van der Waals surface area (Å²) < 4.78 is 2.15. The zero-order valence-electron chi connectivity index (χ0n) is 15.1. The van der Waals surface area contributed by atoms with Crippen LogP contribution in [-0.2, 0) is 0 Å². The van der Waals surface area contributed by atoms with Crippen molar-refractivity contribution in [2.45, 2.75) is 18.2 Å². The molecule has 0 aliphatic heterocycles. The first kappa shape index (κ1) is 19.2. The van der Waals surface area contributed by atoms with Gasteiger partial charge >= 0.3 is 0 Å². The molecular weight excluding hydrogens is 364 g/mol. The fourth-order valence-electron chi connectivity index (χ4n) is 2.82. The fourth-order valence-corrected chi connectivity index (χ4v) is 4.45. The molecular formula is C19H24N4OS2. The Hall–Kier alpha value is -1.54. The van der Waals surface area contributed by atoms with Crippen LogP contribution in [0, 0.1) is 6.92 Å². The van der Waals surface area contributed by atoms with E-state index >= 15 is 0 Å². The number of hydrogen-bond acceptors (Lipinski definition) is 6. The summed E-state index contributed by atoms with van der Waals surface area (Å²) in [5, 5.41) is 12.0. The highest BCUT2D eigenvalue weighted by Crippen LogP contribution is 2.32. The summed E-state index contributed by atoms with van der Waals surface area (Å²) in [5.41, 5.74) is 4.22. The molecule has 0 amide bonds. The van der Waals surface area contributed by atoms with Crippen LogP contribution in [0.2, 0.25) is 0 Å². The summed E-state index contributed by atoms with van der Waals surface area (Å²) in [5.74, 6) is 1.94. The second-order valence-corrected chi connectivity index (χ2v) is 7.73. The summed E-state index contributed by atoms with van der Waals surface area (Å²) in [6, 6.07) is 10.3. The van der Waals surface area contributed by atoms with Crippen molar-refractivity contribution in [1.29, 1.82) is 0 Å². The Kier molecular flexibility index (Phi) is 6.96. The Morgan fingerprint density at radius 3 is 2.85 bits per heavy atom. The molecule has 2 heterocycles. The predicted molar refractivity (Wildman–Crippen MR) is 112 cm³/mol. The maximum Gasteiger partial charge on any atom is 0.170 e. The lowest BCUT2D eigenvalue weighted by Gasteiger charge is -2.11. The lowest BCUT2D eigenvalue weighted by atomic mass is 10.2. The van der Waals surface area contributed by atoms with E-state index in [-0.39, 0.29) is 6.61 Å². The van der Waals surface area contributed by atoms with Gasteiger partial charge in [0.15, 0.2) is 5.82 Å². The lowest BCUT2D eigenvalue weighted by Crippen LogP contribution is -2.19. The quantitative estimate of drug-likeness (QED) is 0.431. The van der Waals surface area contributed by atoms with Crippen molar-refractivity contribution in [1.82, 2.24) is 19.3 Å². The molecule has 0 fully saturated rings. The first-order chi connectivity index (χ1) is 12.8. The van der Waals surface area contributed by atoms with Crippen LogP contribution in [0.4, 0.5) is 0 Å². The van der Waals surface area contributed by atoms with Gasteiger partial charge in [0.1, 0.15) is 5.69 Å². The number of aromatic nitrogens is 3. The Bertz CT molecular complexity index is 866. The third-order valence-corrected chi connectivity index (χ3v) is 6.09. The maximum absolute atomic E-state index is 8.79. The van der Waals surface area contributed by atoms with Crippen molar-refractivity contribution in [3.63, 3.8) is 0 Å². The first-order valence-corrected chi connectivity index (χ1v) is 10.8. The van der Waals surface area contributed by atoms with E-state index in [0.717, 1.165) is 41.3 Å². The van der Waals surface area contributed by atoms with Crippen LogP contribution in [0.15, 0.2) is 41.4 Å². The zero-order chi connectivity index (χ0) is 18.4. The minimum absolute atomic E-state index is 0.191. The Balaban J connectivity index is 1.81. The van der Waals surface area contributed by atoms with Gasteiger partial charge in [-0.2, -0.15) is 0 Å². The smallest absolute Gasteiger partial charge is 0.170 e. The van der Waals surface area contributed by atoms with E-state index in [4.69, 9.17) is 10.1 Å². The van der Waals surface area contributed by atoms with Crippen LogP contribution in [0.1, 0.15) is 12.0 Å². The molecule has 0 aliphatic carbocycles. The molecule has 0 radical (unpaired) electrons. The summed E-state index contributed by atoms with van der Waals surface area (Å²) in [7, 11) is 0. The van der Waals surface area contributed by atoms with Crippen LogP contribution >= 0.6 is 23.7 Å². The number of nitrogens with zero attached hydrogens (tertiary/aromatic N) is 3. The van der Waals surface area contributed by atoms with Crippen LogP contribution in [-0.4, -0.2) is 50.8 Å². The van der Waals surface area contributed by atoms with Gasteiger partial charge in [-0.15, -0.1) is 11.8 Å². The van der Waals surface area contributed by atoms with E-state index in [9.17, 15) is 0 Å². The number of fused-ring (bicyclic) bond motifs is 1. The number of imidazole rings is 1. The van der Waals surface area contributed by atoms with Crippen LogP contribution in [0.3, 0.4) is 0 Å². The topological polar surface area (TPSA) is 63.0 Å². The SMILES string of the molecule is CSn1c(-c2nccc(SCCCNCCO)c2C)nc2ccccc21. The van der Waals surface area contributed by atoms with Gasteiger partial charge in [-0.3, -0.25) is 8.96 Å². The molecule has 3 aromatic rings. The average Bonchev–Trinajstić information content (AvgIpc) is 3.04. The number of aliphatic hydroxyl groups excluding tert-OH is 1. The summed E-state index contributed by atoms with van der Waals surface area (Å²) in [6.45, 7) is 3.90. The van der Waals surface area contributed by atoms with E-state index in [2.05, 4.69) is 39.6 Å². The van der Waals surface area contributed by atoms with Crippen LogP contribution < -0.4 is 5.32 Å². The van der Waals surface area contributed by atoms with E-state index in [1.54, 1.807) is 11.9 Å². The summed E-state index contributed by atoms with van der Waals surface area (Å²) >= 11 is 3.50. The predicted octanol–water partition coefficient (Wildman–Crippen LogP) is 3.60. The van der Waals surface area contributed by atoms with Crippen molar-refractivity contribution in [3.8, 4) is 11.5 Å². The number of para-hydroxylation sites is 2. The Morgan fingerprint density at radius 2 is 2.04 bits per heavy atom.